The number of hydrogen-bond donors (Lipinski definition) is 0. The van der Waals surface area contributed by atoms with E-state index in [9.17, 15) is 0 Å². The van der Waals surface area contributed by atoms with Crippen molar-refractivity contribution in [3.05, 3.63) is 122 Å². The van der Waals surface area contributed by atoms with Crippen molar-refractivity contribution < 1.29 is 0 Å². The summed E-state index contributed by atoms with van der Waals surface area (Å²) in [4.78, 5) is 18.7. The van der Waals surface area contributed by atoms with Gasteiger partial charge in [-0.3, -0.25) is 9.13 Å². The second-order valence-electron chi connectivity index (χ2n) is 9.26. The van der Waals surface area contributed by atoms with Crippen LogP contribution in [0, 0.1) is 0 Å². The SMILES string of the molecule is c1cnc2c(c1)c1cccnc1n2-c1ccc(-c2ccc(-n3c4ncccc4c4cccnc43)cc2)cc1. The van der Waals surface area contributed by atoms with Gasteiger partial charge in [0.2, 0.25) is 0 Å². The maximum Gasteiger partial charge on any atom is 0.146 e. The summed E-state index contributed by atoms with van der Waals surface area (Å²) in [5, 5.41) is 4.40. The van der Waals surface area contributed by atoms with E-state index in [0.717, 1.165) is 66.6 Å². The lowest BCUT2D eigenvalue weighted by molar-refractivity contribution is 1.10. The monoisotopic (exact) mass is 488 g/mol. The van der Waals surface area contributed by atoms with Crippen LogP contribution in [-0.2, 0) is 0 Å². The minimum atomic E-state index is 0.909. The van der Waals surface area contributed by atoms with Gasteiger partial charge in [0, 0.05) is 57.7 Å². The number of aromatic nitrogens is 6. The average molecular weight is 489 g/mol. The van der Waals surface area contributed by atoms with Crippen LogP contribution in [0.1, 0.15) is 0 Å². The van der Waals surface area contributed by atoms with Crippen molar-refractivity contribution in [2.45, 2.75) is 0 Å². The fraction of sp³-hybridized carbons (Fsp3) is 0. The summed E-state index contributed by atoms with van der Waals surface area (Å²) in [6.07, 6.45) is 7.32. The summed E-state index contributed by atoms with van der Waals surface area (Å²) in [7, 11) is 0. The molecule has 0 unspecified atom stereocenters. The molecule has 0 amide bonds. The largest absolute Gasteiger partial charge is 0.278 e. The number of nitrogens with zero attached hydrogens (tertiary/aromatic N) is 6. The molecule has 6 nitrogen and oxygen atoms in total. The molecule has 6 aromatic heterocycles. The molecule has 8 aromatic rings. The lowest BCUT2D eigenvalue weighted by Gasteiger charge is -2.10. The fourth-order valence-corrected chi connectivity index (χ4v) is 5.44. The lowest BCUT2D eigenvalue weighted by atomic mass is 10.0. The van der Waals surface area contributed by atoms with Gasteiger partial charge in [-0.1, -0.05) is 24.3 Å². The fourth-order valence-electron chi connectivity index (χ4n) is 5.44. The van der Waals surface area contributed by atoms with Gasteiger partial charge in [-0.15, -0.1) is 0 Å². The van der Waals surface area contributed by atoms with E-state index in [1.165, 1.54) is 0 Å². The van der Waals surface area contributed by atoms with Crippen molar-refractivity contribution in [2.75, 3.05) is 0 Å². The summed E-state index contributed by atoms with van der Waals surface area (Å²) >= 11 is 0. The van der Waals surface area contributed by atoms with Crippen molar-refractivity contribution in [1.29, 1.82) is 0 Å². The molecule has 0 aliphatic heterocycles. The first-order valence-corrected chi connectivity index (χ1v) is 12.5. The van der Waals surface area contributed by atoms with Crippen LogP contribution in [0.2, 0.25) is 0 Å². The van der Waals surface area contributed by atoms with E-state index in [0.29, 0.717) is 0 Å². The molecule has 6 heterocycles. The van der Waals surface area contributed by atoms with E-state index in [1.807, 2.05) is 49.1 Å². The van der Waals surface area contributed by atoms with Gasteiger partial charge in [-0.25, -0.2) is 19.9 Å². The molecule has 178 valence electrons. The number of rotatable bonds is 3. The number of fused-ring (bicyclic) bond motifs is 6. The van der Waals surface area contributed by atoms with Crippen LogP contribution in [0.4, 0.5) is 0 Å². The first kappa shape index (κ1) is 20.8. The van der Waals surface area contributed by atoms with Crippen LogP contribution in [0.25, 0.3) is 66.6 Å². The zero-order valence-corrected chi connectivity index (χ0v) is 20.2. The minimum Gasteiger partial charge on any atom is -0.278 e. The zero-order valence-electron chi connectivity index (χ0n) is 20.2. The predicted molar refractivity (Wildman–Crippen MR) is 152 cm³/mol. The summed E-state index contributed by atoms with van der Waals surface area (Å²) < 4.78 is 4.25. The molecule has 0 saturated heterocycles. The van der Waals surface area contributed by atoms with Crippen LogP contribution >= 0.6 is 0 Å². The highest BCUT2D eigenvalue weighted by atomic mass is 15.1. The quantitative estimate of drug-likeness (QED) is 0.265. The highest BCUT2D eigenvalue weighted by Gasteiger charge is 2.15. The van der Waals surface area contributed by atoms with Crippen LogP contribution in [-0.4, -0.2) is 29.1 Å². The second kappa shape index (κ2) is 8.08. The van der Waals surface area contributed by atoms with Crippen LogP contribution < -0.4 is 0 Å². The highest BCUT2D eigenvalue weighted by Crippen LogP contribution is 2.32. The van der Waals surface area contributed by atoms with E-state index in [2.05, 4.69) is 102 Å². The molecule has 0 saturated carbocycles. The van der Waals surface area contributed by atoms with E-state index >= 15 is 0 Å². The summed E-state index contributed by atoms with van der Waals surface area (Å²) in [5.74, 6) is 0. The Morgan fingerprint density at radius 3 is 0.921 bits per heavy atom. The van der Waals surface area contributed by atoms with Crippen molar-refractivity contribution >= 4 is 44.1 Å². The number of benzene rings is 2. The first-order valence-electron chi connectivity index (χ1n) is 12.5. The molecule has 8 rings (SSSR count). The average Bonchev–Trinajstić information content (AvgIpc) is 3.51. The van der Waals surface area contributed by atoms with Crippen LogP contribution in [0.3, 0.4) is 0 Å². The van der Waals surface area contributed by atoms with Crippen LogP contribution in [0.15, 0.2) is 122 Å². The third kappa shape index (κ3) is 3.01. The van der Waals surface area contributed by atoms with E-state index in [-0.39, 0.29) is 0 Å². The minimum absolute atomic E-state index is 0.909. The number of hydrogen-bond acceptors (Lipinski definition) is 4. The van der Waals surface area contributed by atoms with Crippen LogP contribution in [0.5, 0.6) is 0 Å². The Labute approximate surface area is 217 Å². The molecule has 6 heteroatoms. The molecule has 0 N–H and O–H groups in total. The van der Waals surface area contributed by atoms with Gasteiger partial charge < -0.3 is 0 Å². The standard InChI is InChI=1S/C32H20N6/c1-5-25-26-6-2-18-34-30(26)37(29(25)33-17-1)23-13-9-21(10-14-23)22-11-15-24(16-12-22)38-31-27(7-3-19-35-31)28-8-4-20-36-32(28)38/h1-20H. The highest BCUT2D eigenvalue weighted by molar-refractivity contribution is 6.07. The topological polar surface area (TPSA) is 61.4 Å². The van der Waals surface area contributed by atoms with E-state index in [4.69, 9.17) is 0 Å². The number of pyridine rings is 4. The molecule has 0 aliphatic carbocycles. The Kier molecular flexibility index (Phi) is 4.42. The molecule has 0 radical (unpaired) electrons. The molecular weight excluding hydrogens is 468 g/mol. The van der Waals surface area contributed by atoms with Gasteiger partial charge in [0.1, 0.15) is 22.6 Å². The summed E-state index contributed by atoms with van der Waals surface area (Å²) in [5.41, 5.74) is 7.98. The Morgan fingerprint density at radius 1 is 0.342 bits per heavy atom. The predicted octanol–water partition coefficient (Wildman–Crippen LogP) is 7.13. The maximum atomic E-state index is 4.66. The van der Waals surface area contributed by atoms with Crippen molar-refractivity contribution in [3.8, 4) is 22.5 Å². The van der Waals surface area contributed by atoms with E-state index in [1.54, 1.807) is 0 Å². The van der Waals surface area contributed by atoms with Gasteiger partial charge >= 0.3 is 0 Å². The summed E-state index contributed by atoms with van der Waals surface area (Å²) in [6.45, 7) is 0. The molecule has 0 aliphatic rings. The van der Waals surface area contributed by atoms with Crippen molar-refractivity contribution in [3.63, 3.8) is 0 Å². The van der Waals surface area contributed by atoms with Crippen molar-refractivity contribution in [2.24, 2.45) is 0 Å². The molecule has 0 atom stereocenters. The molecule has 2 aromatic carbocycles. The Balaban J connectivity index is 1.20. The maximum absolute atomic E-state index is 4.66. The second-order valence-corrected chi connectivity index (χ2v) is 9.26. The van der Waals surface area contributed by atoms with Gasteiger partial charge in [-0.05, 0) is 83.9 Å². The third-order valence-electron chi connectivity index (χ3n) is 7.16. The Hall–Kier alpha value is -5.36. The van der Waals surface area contributed by atoms with Gasteiger partial charge in [-0.2, -0.15) is 0 Å². The molecule has 0 bridgehead atoms. The van der Waals surface area contributed by atoms with E-state index < -0.39 is 0 Å². The summed E-state index contributed by atoms with van der Waals surface area (Å²) in [6, 6.07) is 33.4. The van der Waals surface area contributed by atoms with Crippen molar-refractivity contribution in [1.82, 2.24) is 29.1 Å². The smallest absolute Gasteiger partial charge is 0.146 e. The van der Waals surface area contributed by atoms with Gasteiger partial charge in [0.15, 0.2) is 0 Å². The normalized spacial score (nSPS) is 11.7. The molecule has 38 heavy (non-hydrogen) atoms. The Bertz CT molecular complexity index is 1860. The zero-order chi connectivity index (χ0) is 25.1. The lowest BCUT2D eigenvalue weighted by Crippen LogP contribution is -1.97. The molecule has 0 spiro atoms. The first-order chi connectivity index (χ1) is 18.9. The molecular formula is C32H20N6. The molecule has 0 fully saturated rings. The van der Waals surface area contributed by atoms with Gasteiger partial charge in [0.25, 0.3) is 0 Å². The Morgan fingerprint density at radius 2 is 0.632 bits per heavy atom. The van der Waals surface area contributed by atoms with Gasteiger partial charge in [0.05, 0.1) is 0 Å². The third-order valence-corrected chi connectivity index (χ3v) is 7.16.